The number of likely N-dealkylation sites (tertiary alicyclic amines) is 1. The molecule has 2 aliphatic heterocycles. The van der Waals surface area contributed by atoms with E-state index in [0.29, 0.717) is 23.5 Å². The van der Waals surface area contributed by atoms with Crippen LogP contribution in [0.3, 0.4) is 0 Å². The summed E-state index contributed by atoms with van der Waals surface area (Å²) in [5.41, 5.74) is 1.68. The monoisotopic (exact) mass is 491 g/mol. The zero-order valence-electron chi connectivity index (χ0n) is 19.7. The first-order valence-corrected chi connectivity index (χ1v) is 13.0. The Labute approximate surface area is 209 Å². The number of anilines is 1. The van der Waals surface area contributed by atoms with Crippen molar-refractivity contribution in [2.24, 2.45) is 0 Å². The summed E-state index contributed by atoms with van der Waals surface area (Å²) < 4.78 is 16.5. The molecule has 1 aliphatic carbocycles. The summed E-state index contributed by atoms with van der Waals surface area (Å²) in [6, 6.07) is 16.8. The molecular formula is C27H29N3O4S. The molecule has 0 radical (unpaired) electrons. The number of rotatable bonds is 8. The third-order valence-electron chi connectivity index (χ3n) is 7.35. The molecule has 3 heterocycles. The van der Waals surface area contributed by atoms with E-state index in [1.807, 2.05) is 30.5 Å². The van der Waals surface area contributed by atoms with Gasteiger partial charge in [0.25, 0.3) is 0 Å². The highest BCUT2D eigenvalue weighted by Crippen LogP contribution is 2.51. The number of carbonyl (C=O) groups is 1. The van der Waals surface area contributed by atoms with Crippen LogP contribution in [-0.2, 0) is 14.9 Å². The zero-order chi connectivity index (χ0) is 23.8. The Morgan fingerprint density at radius 2 is 2.06 bits per heavy atom. The van der Waals surface area contributed by atoms with Gasteiger partial charge in [-0.15, -0.1) is 0 Å². The lowest BCUT2D eigenvalue weighted by molar-refractivity contribution is -0.118. The van der Waals surface area contributed by atoms with Gasteiger partial charge in [-0.1, -0.05) is 47.7 Å². The fraction of sp³-hybridized carbons (Fsp3) is 0.407. The van der Waals surface area contributed by atoms with Crippen molar-refractivity contribution in [2.45, 2.75) is 43.2 Å². The molecule has 0 bridgehead atoms. The van der Waals surface area contributed by atoms with Gasteiger partial charge in [-0.3, -0.25) is 9.69 Å². The smallest absolute Gasteiger partial charge is 0.236 e. The average molecular weight is 492 g/mol. The van der Waals surface area contributed by atoms with Gasteiger partial charge in [0.15, 0.2) is 16.6 Å². The predicted molar refractivity (Wildman–Crippen MR) is 134 cm³/mol. The first kappa shape index (κ1) is 22.5. The molecule has 2 atom stereocenters. The Hall–Kier alpha value is -2.94. The first-order chi connectivity index (χ1) is 17.2. The van der Waals surface area contributed by atoms with Gasteiger partial charge in [-0.25, -0.2) is 4.98 Å². The number of ether oxygens (including phenoxy) is 3. The van der Waals surface area contributed by atoms with Gasteiger partial charge in [0.2, 0.25) is 12.7 Å². The molecule has 7 nitrogen and oxygen atoms in total. The second-order valence-corrected chi connectivity index (χ2v) is 10.5. The van der Waals surface area contributed by atoms with Crippen LogP contribution in [-0.4, -0.2) is 48.9 Å². The zero-order valence-corrected chi connectivity index (χ0v) is 20.6. The number of fused-ring (bicyclic) bond motifs is 1. The van der Waals surface area contributed by atoms with Crippen molar-refractivity contribution < 1.29 is 19.0 Å². The molecule has 35 heavy (non-hydrogen) atoms. The van der Waals surface area contributed by atoms with Gasteiger partial charge in [0.05, 0.1) is 18.1 Å². The topological polar surface area (TPSA) is 72.9 Å². The van der Waals surface area contributed by atoms with Crippen molar-refractivity contribution in [3.05, 3.63) is 70.7 Å². The molecule has 3 aromatic rings. The minimum Gasteiger partial charge on any atom is -0.454 e. The molecule has 1 aromatic heterocycles. The van der Waals surface area contributed by atoms with E-state index in [0.717, 1.165) is 48.4 Å². The highest BCUT2D eigenvalue weighted by atomic mass is 32.1. The van der Waals surface area contributed by atoms with Crippen LogP contribution in [0.5, 0.6) is 11.5 Å². The maximum atomic E-state index is 13.4. The summed E-state index contributed by atoms with van der Waals surface area (Å²) in [7, 11) is 1.77. The molecule has 1 N–H and O–H groups in total. The minimum atomic E-state index is -0.524. The number of methoxy groups -OCH3 is 1. The number of amides is 1. The number of carbonyl (C=O) groups excluding carboxylic acids is 1. The van der Waals surface area contributed by atoms with Crippen molar-refractivity contribution in [3.63, 3.8) is 0 Å². The molecule has 182 valence electrons. The van der Waals surface area contributed by atoms with Gasteiger partial charge in [-0.05, 0) is 55.5 Å². The SMILES string of the molecule is COCC1CCCN1C(c1ccccc1)c1cnc(NC(=O)C2(c3ccc4c(c3)OCO4)CC2)s1. The number of nitrogens with zero attached hydrogens (tertiary/aromatic N) is 2. The molecule has 0 spiro atoms. The molecule has 1 saturated heterocycles. The van der Waals surface area contributed by atoms with Crippen LogP contribution in [0.1, 0.15) is 47.7 Å². The standard InChI is InChI=1S/C27H29N3O4S/c1-32-16-20-8-5-13-30(20)24(18-6-3-2-4-7-18)23-15-28-26(35-23)29-25(31)27(11-12-27)19-9-10-21-22(14-19)34-17-33-21/h2-4,6-7,9-10,14-15,20,24H,5,8,11-13,16-17H2,1H3,(H,28,29,31). The Bertz CT molecular complexity index is 1210. The van der Waals surface area contributed by atoms with E-state index in [4.69, 9.17) is 14.2 Å². The van der Waals surface area contributed by atoms with Crippen LogP contribution >= 0.6 is 11.3 Å². The van der Waals surface area contributed by atoms with Gasteiger partial charge in [0.1, 0.15) is 0 Å². The molecule has 1 saturated carbocycles. The molecule has 2 aromatic carbocycles. The maximum Gasteiger partial charge on any atom is 0.236 e. The molecule has 6 rings (SSSR count). The van der Waals surface area contributed by atoms with Crippen molar-refractivity contribution in [3.8, 4) is 11.5 Å². The van der Waals surface area contributed by atoms with Gasteiger partial charge in [0, 0.05) is 24.2 Å². The van der Waals surface area contributed by atoms with E-state index in [1.165, 1.54) is 5.56 Å². The molecule has 1 amide bonds. The van der Waals surface area contributed by atoms with Crippen molar-refractivity contribution in [2.75, 3.05) is 32.4 Å². The maximum absolute atomic E-state index is 13.4. The summed E-state index contributed by atoms with van der Waals surface area (Å²) in [4.78, 5) is 21.7. The number of hydrogen-bond acceptors (Lipinski definition) is 7. The van der Waals surface area contributed by atoms with Crippen LogP contribution < -0.4 is 14.8 Å². The fourth-order valence-corrected chi connectivity index (χ4v) is 6.34. The minimum absolute atomic E-state index is 0.00745. The van der Waals surface area contributed by atoms with Crippen LogP contribution in [0.25, 0.3) is 0 Å². The predicted octanol–water partition coefficient (Wildman–Crippen LogP) is 4.74. The van der Waals surface area contributed by atoms with E-state index in [-0.39, 0.29) is 18.7 Å². The van der Waals surface area contributed by atoms with E-state index in [2.05, 4.69) is 39.5 Å². The Morgan fingerprint density at radius 1 is 1.23 bits per heavy atom. The lowest BCUT2D eigenvalue weighted by Gasteiger charge is -2.32. The van der Waals surface area contributed by atoms with Crippen LogP contribution in [0.4, 0.5) is 5.13 Å². The van der Waals surface area contributed by atoms with Gasteiger partial charge in [-0.2, -0.15) is 0 Å². The first-order valence-electron chi connectivity index (χ1n) is 12.1. The van der Waals surface area contributed by atoms with Crippen molar-refractivity contribution in [1.82, 2.24) is 9.88 Å². The summed E-state index contributed by atoms with van der Waals surface area (Å²) >= 11 is 1.56. The van der Waals surface area contributed by atoms with E-state index in [9.17, 15) is 4.79 Å². The summed E-state index contributed by atoms with van der Waals surface area (Å²) in [5, 5.41) is 3.76. The summed E-state index contributed by atoms with van der Waals surface area (Å²) in [5.74, 6) is 1.43. The summed E-state index contributed by atoms with van der Waals surface area (Å²) in [6.45, 7) is 1.95. The van der Waals surface area contributed by atoms with E-state index in [1.54, 1.807) is 18.4 Å². The Balaban J connectivity index is 1.24. The lowest BCUT2D eigenvalue weighted by Crippen LogP contribution is -2.36. The second-order valence-electron chi connectivity index (χ2n) is 9.47. The van der Waals surface area contributed by atoms with Crippen molar-refractivity contribution in [1.29, 1.82) is 0 Å². The summed E-state index contributed by atoms with van der Waals surface area (Å²) in [6.07, 6.45) is 5.82. The normalized spacial score (nSPS) is 21.1. The molecule has 3 aliphatic rings. The quantitative estimate of drug-likeness (QED) is 0.491. The van der Waals surface area contributed by atoms with Crippen LogP contribution in [0.2, 0.25) is 0 Å². The van der Waals surface area contributed by atoms with E-state index >= 15 is 0 Å². The lowest BCUT2D eigenvalue weighted by atomic mass is 9.94. The Kier molecular flexibility index (Phi) is 5.96. The highest BCUT2D eigenvalue weighted by molar-refractivity contribution is 7.15. The highest BCUT2D eigenvalue weighted by Gasteiger charge is 2.52. The number of benzene rings is 2. The third-order valence-corrected chi connectivity index (χ3v) is 8.32. The molecule has 8 heteroatoms. The average Bonchev–Trinajstić information content (AvgIpc) is 3.18. The number of aromatic nitrogens is 1. The van der Waals surface area contributed by atoms with Gasteiger partial charge >= 0.3 is 0 Å². The number of thiazole rings is 1. The fourth-order valence-electron chi connectivity index (χ4n) is 5.38. The van der Waals surface area contributed by atoms with E-state index < -0.39 is 5.41 Å². The van der Waals surface area contributed by atoms with Crippen LogP contribution in [0.15, 0.2) is 54.7 Å². The van der Waals surface area contributed by atoms with Crippen molar-refractivity contribution >= 4 is 22.4 Å². The Morgan fingerprint density at radius 3 is 2.86 bits per heavy atom. The molecule has 2 unspecified atom stereocenters. The second kappa shape index (κ2) is 9.26. The van der Waals surface area contributed by atoms with Gasteiger partial charge < -0.3 is 19.5 Å². The molecular weight excluding hydrogens is 462 g/mol. The molecule has 2 fully saturated rings. The number of nitrogens with one attached hydrogen (secondary N) is 1. The number of hydrogen-bond donors (Lipinski definition) is 1. The van der Waals surface area contributed by atoms with Crippen LogP contribution in [0, 0.1) is 0 Å². The largest absolute Gasteiger partial charge is 0.454 e. The third kappa shape index (κ3) is 4.20.